The number of nitrogens with zero attached hydrogens (tertiary/aromatic N) is 3. The number of aromatic nitrogens is 3. The van der Waals surface area contributed by atoms with Crippen LogP contribution in [0, 0.1) is 0 Å². The van der Waals surface area contributed by atoms with Crippen molar-refractivity contribution >= 4 is 113 Å². The van der Waals surface area contributed by atoms with E-state index in [-0.39, 0.29) is 0 Å². The lowest BCUT2D eigenvalue weighted by atomic mass is 9.90. The van der Waals surface area contributed by atoms with E-state index in [0.717, 1.165) is 38.8 Å². The molecule has 0 spiro atoms. The average Bonchev–Trinajstić information content (AvgIpc) is 3.99. The maximum absolute atomic E-state index is 5.59. The molecule has 0 N–H and O–H groups in total. The predicted molar refractivity (Wildman–Crippen MR) is 290 cm³/mol. The van der Waals surface area contributed by atoms with E-state index in [2.05, 4.69) is 217 Å². The minimum Gasteiger partial charge on any atom is -0.291 e. The van der Waals surface area contributed by atoms with Gasteiger partial charge in [0.25, 0.3) is 0 Å². The molecule has 4 aromatic heterocycles. The molecule has 15 aromatic rings. The molecule has 0 amide bonds. The SMILES string of the molecule is c1ccc2cc3c(ccc4c3nc3c5sc6ccc7ccccc7c6c5cc(-c5ccc(-c6ccc(-c7ccc(-c8cccc9c8ccc8cccnc89)cc7)c7ccccc67)cc5)n43)cc2c1. The van der Waals surface area contributed by atoms with Crippen molar-refractivity contribution < 1.29 is 0 Å². The molecule has 68 heavy (non-hydrogen) atoms. The van der Waals surface area contributed by atoms with Crippen LogP contribution in [0.5, 0.6) is 0 Å². The molecule has 0 unspecified atom stereocenters. The minimum atomic E-state index is 1.00. The van der Waals surface area contributed by atoms with E-state index in [4.69, 9.17) is 9.97 Å². The monoisotopic (exact) mass is 879 g/mol. The van der Waals surface area contributed by atoms with E-state index in [9.17, 15) is 0 Å². The van der Waals surface area contributed by atoms with Gasteiger partial charge in [-0.15, -0.1) is 11.3 Å². The largest absolute Gasteiger partial charge is 0.291 e. The van der Waals surface area contributed by atoms with Gasteiger partial charge in [-0.2, -0.15) is 0 Å². The molecular weight excluding hydrogens is 843 g/mol. The molecule has 314 valence electrons. The average molecular weight is 880 g/mol. The fourth-order valence-corrected chi connectivity index (χ4v) is 12.3. The van der Waals surface area contributed by atoms with E-state index in [0.29, 0.717) is 0 Å². The van der Waals surface area contributed by atoms with Crippen molar-refractivity contribution in [2.75, 3.05) is 0 Å². The quantitative estimate of drug-likeness (QED) is 0.130. The Morgan fingerprint density at radius 1 is 0.353 bits per heavy atom. The van der Waals surface area contributed by atoms with E-state index in [1.165, 1.54) is 107 Å². The van der Waals surface area contributed by atoms with Gasteiger partial charge in [-0.25, -0.2) is 4.98 Å². The van der Waals surface area contributed by atoms with Crippen molar-refractivity contribution in [2.24, 2.45) is 0 Å². The van der Waals surface area contributed by atoms with Gasteiger partial charge in [-0.3, -0.25) is 9.38 Å². The lowest BCUT2D eigenvalue weighted by Gasteiger charge is -2.14. The number of rotatable bonds is 4. The summed E-state index contributed by atoms with van der Waals surface area (Å²) < 4.78 is 4.90. The summed E-state index contributed by atoms with van der Waals surface area (Å²) in [5.41, 5.74) is 13.7. The van der Waals surface area contributed by atoms with Gasteiger partial charge in [0, 0.05) is 37.8 Å². The van der Waals surface area contributed by atoms with Crippen LogP contribution in [0.15, 0.2) is 225 Å². The summed E-state index contributed by atoms with van der Waals surface area (Å²) in [5.74, 6) is 0. The Bertz CT molecular complexity index is 4600. The molecule has 0 aliphatic rings. The summed E-state index contributed by atoms with van der Waals surface area (Å²) in [6.45, 7) is 0. The van der Waals surface area contributed by atoms with Crippen LogP contribution >= 0.6 is 11.3 Å². The van der Waals surface area contributed by atoms with Gasteiger partial charge in [0.05, 0.1) is 26.9 Å². The van der Waals surface area contributed by atoms with Crippen LogP contribution in [0.3, 0.4) is 0 Å². The second-order valence-corrected chi connectivity index (χ2v) is 19.1. The maximum Gasteiger partial charge on any atom is 0.156 e. The Morgan fingerprint density at radius 3 is 1.69 bits per heavy atom. The molecule has 0 saturated carbocycles. The second kappa shape index (κ2) is 14.4. The first-order valence-electron chi connectivity index (χ1n) is 23.2. The third kappa shape index (κ3) is 5.53. The van der Waals surface area contributed by atoms with Crippen LogP contribution in [0.4, 0.5) is 0 Å². The summed E-state index contributed by atoms with van der Waals surface area (Å²) in [7, 11) is 0. The van der Waals surface area contributed by atoms with Crippen LogP contribution in [-0.2, 0) is 0 Å². The molecule has 4 heteroatoms. The number of hydrogen-bond acceptors (Lipinski definition) is 3. The first-order chi connectivity index (χ1) is 33.7. The smallest absolute Gasteiger partial charge is 0.156 e. The van der Waals surface area contributed by atoms with Gasteiger partial charge >= 0.3 is 0 Å². The number of hydrogen-bond donors (Lipinski definition) is 0. The van der Waals surface area contributed by atoms with Gasteiger partial charge < -0.3 is 0 Å². The standard InChI is InChI=1S/C64H37N3S/c1-2-11-45-36-55-46(35-44(45)10-1)27-32-57-62(55)66-64-63-56(60-50-13-4-3-9-38(50)28-33-59(60)68-63)37-58(67(57)64)42-24-22-41(23-25-42)49-31-30-48(51-14-5-6-15-52(49)51)40-20-18-39(19-21-40)47-16-7-17-54-53(47)29-26-43-12-8-34-65-61(43)54/h1-37H. The first kappa shape index (κ1) is 37.5. The summed E-state index contributed by atoms with van der Waals surface area (Å²) in [6, 6.07) is 80.3. The highest BCUT2D eigenvalue weighted by atomic mass is 32.1. The molecule has 4 heterocycles. The summed E-state index contributed by atoms with van der Waals surface area (Å²) in [4.78, 5) is 10.3. The molecule has 0 radical (unpaired) electrons. The fourth-order valence-electron chi connectivity index (χ4n) is 11.2. The highest BCUT2D eigenvalue weighted by molar-refractivity contribution is 7.26. The molecule has 3 nitrogen and oxygen atoms in total. The van der Waals surface area contributed by atoms with Gasteiger partial charge in [0.1, 0.15) is 0 Å². The third-order valence-corrected chi connectivity index (χ3v) is 15.6. The van der Waals surface area contributed by atoms with Crippen molar-refractivity contribution in [1.82, 2.24) is 14.4 Å². The Morgan fingerprint density at radius 2 is 0.941 bits per heavy atom. The normalized spacial score (nSPS) is 12.1. The zero-order chi connectivity index (χ0) is 44.5. The summed E-state index contributed by atoms with van der Waals surface area (Å²) >= 11 is 1.85. The molecule has 0 bridgehead atoms. The molecule has 0 saturated heterocycles. The van der Waals surface area contributed by atoms with Gasteiger partial charge in [-0.1, -0.05) is 182 Å². The minimum absolute atomic E-state index is 1.00. The number of fused-ring (bicyclic) bond motifs is 16. The number of pyridine rings is 2. The Labute approximate surface area is 394 Å². The first-order valence-corrected chi connectivity index (χ1v) is 24.0. The topological polar surface area (TPSA) is 30.2 Å². The molecule has 0 aliphatic carbocycles. The van der Waals surface area contributed by atoms with Gasteiger partial charge in [0.15, 0.2) is 5.65 Å². The molecule has 0 atom stereocenters. The molecule has 0 fully saturated rings. The van der Waals surface area contributed by atoms with E-state index in [1.54, 1.807) is 0 Å². The van der Waals surface area contributed by atoms with Gasteiger partial charge in [-0.05, 0) is 118 Å². The Balaban J connectivity index is 0.862. The molecule has 11 aromatic carbocycles. The summed E-state index contributed by atoms with van der Waals surface area (Å²) in [5, 5.41) is 15.9. The van der Waals surface area contributed by atoms with E-state index < -0.39 is 0 Å². The fraction of sp³-hybridized carbons (Fsp3) is 0. The third-order valence-electron chi connectivity index (χ3n) is 14.4. The van der Waals surface area contributed by atoms with Crippen molar-refractivity contribution in [1.29, 1.82) is 0 Å². The van der Waals surface area contributed by atoms with Crippen LogP contribution < -0.4 is 0 Å². The van der Waals surface area contributed by atoms with Crippen molar-refractivity contribution in [3.63, 3.8) is 0 Å². The number of thiophene rings is 1. The Hall–Kier alpha value is -8.70. The van der Waals surface area contributed by atoms with Crippen LogP contribution in [0.25, 0.3) is 146 Å². The lowest BCUT2D eigenvalue weighted by molar-refractivity contribution is 1.25. The Kier molecular flexibility index (Phi) is 7.94. The maximum atomic E-state index is 5.59. The van der Waals surface area contributed by atoms with Crippen molar-refractivity contribution in [3.8, 4) is 44.6 Å². The molecular formula is C64H37N3S. The van der Waals surface area contributed by atoms with E-state index in [1.807, 2.05) is 23.6 Å². The van der Waals surface area contributed by atoms with Crippen LogP contribution in [-0.4, -0.2) is 14.4 Å². The number of imidazole rings is 1. The lowest BCUT2D eigenvalue weighted by Crippen LogP contribution is -1.93. The van der Waals surface area contributed by atoms with Crippen molar-refractivity contribution in [2.45, 2.75) is 0 Å². The molecule has 15 rings (SSSR count). The second-order valence-electron chi connectivity index (χ2n) is 18.1. The van der Waals surface area contributed by atoms with Crippen LogP contribution in [0.1, 0.15) is 0 Å². The van der Waals surface area contributed by atoms with Gasteiger partial charge in [0.2, 0.25) is 0 Å². The zero-order valence-corrected chi connectivity index (χ0v) is 37.4. The molecule has 0 aliphatic heterocycles. The summed E-state index contributed by atoms with van der Waals surface area (Å²) in [6.07, 6.45) is 1.88. The number of benzene rings is 11. The van der Waals surface area contributed by atoms with E-state index >= 15 is 0 Å². The van der Waals surface area contributed by atoms with Crippen molar-refractivity contribution in [3.05, 3.63) is 225 Å². The zero-order valence-electron chi connectivity index (χ0n) is 36.6. The highest BCUT2D eigenvalue weighted by Gasteiger charge is 2.21. The van der Waals surface area contributed by atoms with Crippen LogP contribution in [0.2, 0.25) is 0 Å². The predicted octanol–water partition coefficient (Wildman–Crippen LogP) is 17.8. The highest BCUT2D eigenvalue weighted by Crippen LogP contribution is 2.45.